The van der Waals surface area contributed by atoms with Gasteiger partial charge in [-0.15, -0.1) is 0 Å². The molecule has 2 aromatic rings. The van der Waals surface area contributed by atoms with Crippen molar-refractivity contribution in [3.63, 3.8) is 0 Å². The second-order valence-electron chi connectivity index (χ2n) is 5.13. The Hall–Kier alpha value is -1.87. The van der Waals surface area contributed by atoms with Crippen LogP contribution < -0.4 is 4.74 Å². The Bertz CT molecular complexity index is 592. The molecule has 3 rings (SSSR count). The maximum absolute atomic E-state index is 10.3. The van der Waals surface area contributed by atoms with Crippen molar-refractivity contribution in [3.8, 4) is 5.75 Å². The van der Waals surface area contributed by atoms with Gasteiger partial charge in [0.25, 0.3) is 0 Å². The molecule has 1 aliphatic rings. The quantitative estimate of drug-likeness (QED) is 0.850. The number of hydrogen-bond acceptors (Lipinski definition) is 3. The zero-order chi connectivity index (χ0) is 13.4. The third kappa shape index (κ3) is 2.34. The summed E-state index contributed by atoms with van der Waals surface area (Å²) in [5.74, 6) is 0.773. The summed E-state index contributed by atoms with van der Waals surface area (Å²) >= 11 is 0. The number of aryl methyl sites for hydroxylation is 2. The van der Waals surface area contributed by atoms with Gasteiger partial charge < -0.3 is 9.84 Å². The molecule has 0 saturated heterocycles. The fourth-order valence-corrected chi connectivity index (χ4v) is 2.44. The Balaban J connectivity index is 1.92. The Labute approximate surface area is 112 Å². The van der Waals surface area contributed by atoms with Crippen molar-refractivity contribution in [2.24, 2.45) is 0 Å². The zero-order valence-corrected chi connectivity index (χ0v) is 11.1. The van der Waals surface area contributed by atoms with E-state index in [1.807, 2.05) is 50.4 Å². The molecule has 0 amide bonds. The molecule has 0 saturated carbocycles. The van der Waals surface area contributed by atoms with E-state index in [1.54, 1.807) is 0 Å². The first-order valence-electron chi connectivity index (χ1n) is 6.51. The van der Waals surface area contributed by atoms with Crippen LogP contribution in [0.3, 0.4) is 0 Å². The van der Waals surface area contributed by atoms with Crippen LogP contribution in [0.5, 0.6) is 5.75 Å². The minimum atomic E-state index is -0.477. The molecule has 0 spiro atoms. The maximum Gasteiger partial charge on any atom is 0.128 e. The monoisotopic (exact) mass is 255 g/mol. The normalized spacial score (nSPS) is 21.6. The molecular formula is C16H17NO2. The van der Waals surface area contributed by atoms with E-state index in [-0.39, 0.29) is 6.10 Å². The van der Waals surface area contributed by atoms with E-state index < -0.39 is 6.10 Å². The summed E-state index contributed by atoms with van der Waals surface area (Å²) in [4.78, 5) is 4.29. The number of fused-ring (bicyclic) bond motifs is 1. The largest absolute Gasteiger partial charge is 0.485 e. The molecule has 0 radical (unpaired) electrons. The van der Waals surface area contributed by atoms with Gasteiger partial charge in [-0.3, -0.25) is 4.98 Å². The van der Waals surface area contributed by atoms with Crippen molar-refractivity contribution in [2.75, 3.05) is 0 Å². The number of rotatable bonds is 1. The summed E-state index contributed by atoms with van der Waals surface area (Å²) in [5.41, 5.74) is 4.01. The fraction of sp³-hybridized carbons (Fsp3) is 0.312. The van der Waals surface area contributed by atoms with Gasteiger partial charge >= 0.3 is 0 Å². The third-order valence-corrected chi connectivity index (χ3v) is 3.54. The Morgan fingerprint density at radius 3 is 2.79 bits per heavy atom. The molecule has 2 heterocycles. The van der Waals surface area contributed by atoms with Crippen molar-refractivity contribution < 1.29 is 9.84 Å². The lowest BCUT2D eigenvalue weighted by atomic mass is 9.94. The minimum absolute atomic E-state index is 0.127. The first-order valence-corrected chi connectivity index (χ1v) is 6.51. The van der Waals surface area contributed by atoms with Gasteiger partial charge in [0.15, 0.2) is 0 Å². The van der Waals surface area contributed by atoms with E-state index in [0.29, 0.717) is 6.42 Å². The van der Waals surface area contributed by atoms with Crippen LogP contribution in [0.4, 0.5) is 0 Å². The van der Waals surface area contributed by atoms with E-state index in [1.165, 1.54) is 0 Å². The van der Waals surface area contributed by atoms with E-state index >= 15 is 0 Å². The molecule has 0 aliphatic carbocycles. The smallest absolute Gasteiger partial charge is 0.128 e. The van der Waals surface area contributed by atoms with Gasteiger partial charge in [-0.05, 0) is 32.0 Å². The fourth-order valence-electron chi connectivity index (χ4n) is 2.44. The molecule has 3 nitrogen and oxygen atoms in total. The number of benzene rings is 1. The molecule has 2 atom stereocenters. The first kappa shape index (κ1) is 12.2. The van der Waals surface area contributed by atoms with Gasteiger partial charge in [-0.2, -0.15) is 0 Å². The molecular weight excluding hydrogens is 238 g/mol. The highest BCUT2D eigenvalue weighted by molar-refractivity contribution is 5.41. The lowest BCUT2D eigenvalue weighted by Crippen LogP contribution is -2.19. The summed E-state index contributed by atoms with van der Waals surface area (Å²) in [6.45, 7) is 3.97. The van der Waals surface area contributed by atoms with Crippen LogP contribution in [0, 0.1) is 13.8 Å². The molecule has 1 aromatic heterocycles. The molecule has 1 N–H and O–H groups in total. The topological polar surface area (TPSA) is 42.4 Å². The second kappa shape index (κ2) is 4.67. The first-order chi connectivity index (χ1) is 9.13. The van der Waals surface area contributed by atoms with Crippen LogP contribution in [-0.2, 0) is 0 Å². The third-order valence-electron chi connectivity index (χ3n) is 3.54. The van der Waals surface area contributed by atoms with Gasteiger partial charge in [0.05, 0.1) is 6.10 Å². The number of aromatic nitrogens is 1. The van der Waals surface area contributed by atoms with Crippen LogP contribution in [0.25, 0.3) is 0 Å². The molecule has 1 aromatic carbocycles. The number of aliphatic hydroxyl groups excluding tert-OH is 1. The SMILES string of the molecule is Cc1ccc2c(c1)[C@@H](O)CC(c1ccc(C)nc1)O2. The van der Waals surface area contributed by atoms with Gasteiger partial charge in [0.1, 0.15) is 11.9 Å². The molecule has 3 heteroatoms. The van der Waals surface area contributed by atoms with Crippen molar-refractivity contribution >= 4 is 0 Å². The number of nitrogens with zero attached hydrogens (tertiary/aromatic N) is 1. The molecule has 19 heavy (non-hydrogen) atoms. The molecule has 1 aliphatic heterocycles. The minimum Gasteiger partial charge on any atom is -0.485 e. The van der Waals surface area contributed by atoms with Gasteiger partial charge in [-0.1, -0.05) is 17.7 Å². The van der Waals surface area contributed by atoms with E-state index in [4.69, 9.17) is 4.74 Å². The number of ether oxygens (including phenoxy) is 1. The van der Waals surface area contributed by atoms with Gasteiger partial charge in [0, 0.05) is 29.4 Å². The number of hydrogen-bond donors (Lipinski definition) is 1. The molecule has 1 unspecified atom stereocenters. The van der Waals surface area contributed by atoms with Crippen molar-refractivity contribution in [1.29, 1.82) is 0 Å². The lowest BCUT2D eigenvalue weighted by Gasteiger charge is -2.30. The highest BCUT2D eigenvalue weighted by atomic mass is 16.5. The summed E-state index contributed by atoms with van der Waals surface area (Å²) in [6.07, 6.45) is 1.79. The van der Waals surface area contributed by atoms with E-state index in [9.17, 15) is 5.11 Å². The summed E-state index contributed by atoms with van der Waals surface area (Å²) in [6, 6.07) is 9.90. The Morgan fingerprint density at radius 2 is 2.05 bits per heavy atom. The predicted molar refractivity (Wildman–Crippen MR) is 73.1 cm³/mol. The summed E-state index contributed by atoms with van der Waals surface area (Å²) in [5, 5.41) is 10.3. The van der Waals surface area contributed by atoms with Crippen LogP contribution >= 0.6 is 0 Å². The van der Waals surface area contributed by atoms with E-state index in [0.717, 1.165) is 28.1 Å². The van der Waals surface area contributed by atoms with Crippen molar-refractivity contribution in [3.05, 3.63) is 58.9 Å². The summed E-state index contributed by atoms with van der Waals surface area (Å²) in [7, 11) is 0. The molecule has 98 valence electrons. The van der Waals surface area contributed by atoms with Crippen LogP contribution in [0.15, 0.2) is 36.5 Å². The Kier molecular flexibility index (Phi) is 2.99. The van der Waals surface area contributed by atoms with Crippen molar-refractivity contribution in [2.45, 2.75) is 32.5 Å². The zero-order valence-electron chi connectivity index (χ0n) is 11.1. The predicted octanol–water partition coefficient (Wildman–Crippen LogP) is 3.26. The van der Waals surface area contributed by atoms with Gasteiger partial charge in [-0.25, -0.2) is 0 Å². The van der Waals surface area contributed by atoms with Crippen molar-refractivity contribution in [1.82, 2.24) is 4.98 Å². The highest BCUT2D eigenvalue weighted by Gasteiger charge is 2.28. The maximum atomic E-state index is 10.3. The molecule has 0 bridgehead atoms. The van der Waals surface area contributed by atoms with Crippen LogP contribution in [0.2, 0.25) is 0 Å². The van der Waals surface area contributed by atoms with Gasteiger partial charge in [0.2, 0.25) is 0 Å². The number of pyridine rings is 1. The average Bonchev–Trinajstić information content (AvgIpc) is 2.40. The standard InChI is InChI=1S/C16H17NO2/c1-10-3-6-15-13(7-10)14(18)8-16(19-15)12-5-4-11(2)17-9-12/h3-7,9,14,16,18H,8H2,1-2H3/t14-,16?/m0/s1. The summed E-state index contributed by atoms with van der Waals surface area (Å²) < 4.78 is 5.98. The highest BCUT2D eigenvalue weighted by Crippen LogP contribution is 2.40. The van der Waals surface area contributed by atoms with Crippen LogP contribution in [0.1, 0.15) is 41.0 Å². The lowest BCUT2D eigenvalue weighted by molar-refractivity contribution is 0.0655. The second-order valence-corrected chi connectivity index (χ2v) is 5.13. The van der Waals surface area contributed by atoms with E-state index in [2.05, 4.69) is 4.98 Å². The number of aliphatic hydroxyl groups is 1. The van der Waals surface area contributed by atoms with Crippen LogP contribution in [-0.4, -0.2) is 10.1 Å². The molecule has 0 fully saturated rings. The Morgan fingerprint density at radius 1 is 1.21 bits per heavy atom. The average molecular weight is 255 g/mol.